The molecule has 148 valence electrons. The molecule has 0 spiro atoms. The van der Waals surface area contributed by atoms with E-state index in [1.807, 2.05) is 11.8 Å². The highest BCUT2D eigenvalue weighted by atomic mass is 16.5. The van der Waals surface area contributed by atoms with Crippen molar-refractivity contribution >= 4 is 11.7 Å². The number of amides is 1. The Hall–Kier alpha value is -1.73. The quantitative estimate of drug-likeness (QED) is 0.796. The zero-order valence-corrected chi connectivity index (χ0v) is 16.4. The van der Waals surface area contributed by atoms with Gasteiger partial charge in [-0.2, -0.15) is 0 Å². The number of morpholine rings is 1. The number of carbonyl (C=O) groups is 1. The SMILES string of the molecule is Cc1nc([C@@H]2CCCN(CC(=O)N3CCOCC3)C2)cc(N2CCCC2)n1. The first-order chi connectivity index (χ1) is 13.2. The third-order valence-corrected chi connectivity index (χ3v) is 5.92. The maximum atomic E-state index is 12.6. The largest absolute Gasteiger partial charge is 0.378 e. The second-order valence-corrected chi connectivity index (χ2v) is 7.96. The lowest BCUT2D eigenvalue weighted by molar-refractivity contribution is -0.136. The molecular formula is C20H31N5O2. The van der Waals surface area contributed by atoms with Gasteiger partial charge < -0.3 is 14.5 Å². The molecule has 0 radical (unpaired) electrons. The predicted molar refractivity (Wildman–Crippen MR) is 104 cm³/mol. The van der Waals surface area contributed by atoms with Crippen molar-refractivity contribution in [3.8, 4) is 0 Å². The van der Waals surface area contributed by atoms with E-state index < -0.39 is 0 Å². The summed E-state index contributed by atoms with van der Waals surface area (Å²) in [6, 6.07) is 2.19. The molecule has 0 bridgehead atoms. The molecule has 0 aromatic carbocycles. The topological polar surface area (TPSA) is 61.8 Å². The summed E-state index contributed by atoms with van der Waals surface area (Å²) in [6.07, 6.45) is 4.75. The molecule has 1 amide bonds. The molecule has 0 unspecified atom stereocenters. The lowest BCUT2D eigenvalue weighted by atomic mass is 9.94. The Morgan fingerprint density at radius 3 is 2.67 bits per heavy atom. The second kappa shape index (κ2) is 8.52. The van der Waals surface area contributed by atoms with Gasteiger partial charge in [0, 0.05) is 44.7 Å². The van der Waals surface area contributed by atoms with Gasteiger partial charge >= 0.3 is 0 Å². The molecule has 4 rings (SSSR count). The van der Waals surface area contributed by atoms with Gasteiger partial charge in [-0.3, -0.25) is 9.69 Å². The molecule has 1 aromatic heterocycles. The van der Waals surface area contributed by atoms with E-state index in [1.165, 1.54) is 12.8 Å². The van der Waals surface area contributed by atoms with Crippen LogP contribution < -0.4 is 4.90 Å². The van der Waals surface area contributed by atoms with Gasteiger partial charge in [0.2, 0.25) is 5.91 Å². The zero-order chi connectivity index (χ0) is 18.6. The first-order valence-electron chi connectivity index (χ1n) is 10.4. The maximum Gasteiger partial charge on any atom is 0.236 e. The molecule has 3 aliphatic heterocycles. The Balaban J connectivity index is 1.41. The van der Waals surface area contributed by atoms with E-state index in [0.29, 0.717) is 25.7 Å². The van der Waals surface area contributed by atoms with E-state index in [-0.39, 0.29) is 5.91 Å². The molecule has 0 aliphatic carbocycles. The van der Waals surface area contributed by atoms with Gasteiger partial charge in [0.15, 0.2) is 0 Å². The molecule has 3 fully saturated rings. The van der Waals surface area contributed by atoms with Gasteiger partial charge in [-0.25, -0.2) is 9.97 Å². The highest BCUT2D eigenvalue weighted by molar-refractivity contribution is 5.78. The van der Waals surface area contributed by atoms with Crippen molar-refractivity contribution in [2.24, 2.45) is 0 Å². The minimum atomic E-state index is 0.232. The number of piperidine rings is 1. The number of hydrogen-bond acceptors (Lipinski definition) is 6. The third kappa shape index (κ3) is 4.58. The Morgan fingerprint density at radius 2 is 1.89 bits per heavy atom. The van der Waals surface area contributed by atoms with Crippen LogP contribution in [0, 0.1) is 6.92 Å². The van der Waals surface area contributed by atoms with Crippen LogP contribution in [0.5, 0.6) is 0 Å². The summed E-state index contributed by atoms with van der Waals surface area (Å²) < 4.78 is 5.35. The molecule has 1 atom stereocenters. The summed E-state index contributed by atoms with van der Waals surface area (Å²) in [4.78, 5) is 28.6. The van der Waals surface area contributed by atoms with Gasteiger partial charge in [0.1, 0.15) is 11.6 Å². The average Bonchev–Trinajstić information content (AvgIpc) is 3.23. The fourth-order valence-corrected chi connectivity index (χ4v) is 4.44. The Labute approximate surface area is 161 Å². The third-order valence-electron chi connectivity index (χ3n) is 5.92. The van der Waals surface area contributed by atoms with Gasteiger partial charge in [-0.1, -0.05) is 0 Å². The number of aryl methyl sites for hydroxylation is 1. The second-order valence-electron chi connectivity index (χ2n) is 7.96. The standard InChI is InChI=1S/C20H31N5O2/c1-16-21-18(13-19(22-16)24-7-2-3-8-24)17-5-4-6-23(14-17)15-20(26)25-9-11-27-12-10-25/h13,17H,2-12,14-15H2,1H3/t17-/m1/s1. The Bertz CT molecular complexity index is 656. The molecule has 27 heavy (non-hydrogen) atoms. The molecule has 7 nitrogen and oxygen atoms in total. The Kier molecular flexibility index (Phi) is 5.88. The normalized spacial score (nSPS) is 24.4. The van der Waals surface area contributed by atoms with Crippen LogP contribution >= 0.6 is 0 Å². The van der Waals surface area contributed by atoms with E-state index >= 15 is 0 Å². The van der Waals surface area contributed by atoms with E-state index in [2.05, 4.69) is 20.9 Å². The van der Waals surface area contributed by atoms with Crippen LogP contribution in [0.15, 0.2) is 6.07 Å². The van der Waals surface area contributed by atoms with Crippen molar-refractivity contribution in [2.45, 2.75) is 38.5 Å². The molecular weight excluding hydrogens is 342 g/mol. The first kappa shape index (κ1) is 18.6. The van der Waals surface area contributed by atoms with E-state index in [4.69, 9.17) is 9.72 Å². The fraction of sp³-hybridized carbons (Fsp3) is 0.750. The van der Waals surface area contributed by atoms with Crippen molar-refractivity contribution < 1.29 is 9.53 Å². The van der Waals surface area contributed by atoms with Crippen LogP contribution in [0.1, 0.15) is 43.1 Å². The minimum absolute atomic E-state index is 0.232. The molecule has 3 aliphatic rings. The first-order valence-corrected chi connectivity index (χ1v) is 10.4. The van der Waals surface area contributed by atoms with Gasteiger partial charge in [-0.15, -0.1) is 0 Å². The summed E-state index contributed by atoms with van der Waals surface area (Å²) in [7, 11) is 0. The number of anilines is 1. The van der Waals surface area contributed by atoms with Crippen LogP contribution in [0.3, 0.4) is 0 Å². The summed E-state index contributed by atoms with van der Waals surface area (Å²) in [5, 5.41) is 0. The van der Waals surface area contributed by atoms with E-state index in [1.54, 1.807) is 0 Å². The van der Waals surface area contributed by atoms with Crippen molar-refractivity contribution in [3.63, 3.8) is 0 Å². The van der Waals surface area contributed by atoms with Crippen molar-refractivity contribution in [3.05, 3.63) is 17.6 Å². The lowest BCUT2D eigenvalue weighted by Crippen LogP contribution is -2.47. The summed E-state index contributed by atoms with van der Waals surface area (Å²) in [6.45, 7) is 9.37. The number of carbonyl (C=O) groups excluding carboxylic acids is 1. The van der Waals surface area contributed by atoms with Crippen LogP contribution in [0.25, 0.3) is 0 Å². The molecule has 3 saturated heterocycles. The summed E-state index contributed by atoms with van der Waals surface area (Å²) in [5.74, 6) is 2.56. The number of likely N-dealkylation sites (tertiary alicyclic amines) is 1. The van der Waals surface area contributed by atoms with Crippen LogP contribution in [0.4, 0.5) is 5.82 Å². The molecule has 4 heterocycles. The minimum Gasteiger partial charge on any atom is -0.378 e. The Morgan fingerprint density at radius 1 is 1.11 bits per heavy atom. The zero-order valence-electron chi connectivity index (χ0n) is 16.4. The number of hydrogen-bond donors (Lipinski definition) is 0. The fourth-order valence-electron chi connectivity index (χ4n) is 4.44. The molecule has 0 N–H and O–H groups in total. The maximum absolute atomic E-state index is 12.6. The number of nitrogens with zero attached hydrogens (tertiary/aromatic N) is 5. The van der Waals surface area contributed by atoms with E-state index in [9.17, 15) is 4.79 Å². The lowest BCUT2D eigenvalue weighted by Gasteiger charge is -2.34. The predicted octanol–water partition coefficient (Wildman–Crippen LogP) is 1.42. The van der Waals surface area contributed by atoms with Crippen LogP contribution in [0.2, 0.25) is 0 Å². The highest BCUT2D eigenvalue weighted by Crippen LogP contribution is 2.28. The van der Waals surface area contributed by atoms with Gasteiger partial charge in [0.05, 0.1) is 25.5 Å². The summed E-state index contributed by atoms with van der Waals surface area (Å²) in [5.41, 5.74) is 1.15. The molecule has 7 heteroatoms. The van der Waals surface area contributed by atoms with Crippen LogP contribution in [-0.4, -0.2) is 84.7 Å². The highest BCUT2D eigenvalue weighted by Gasteiger charge is 2.27. The van der Waals surface area contributed by atoms with Crippen molar-refractivity contribution in [1.82, 2.24) is 19.8 Å². The number of aromatic nitrogens is 2. The average molecular weight is 374 g/mol. The van der Waals surface area contributed by atoms with Crippen molar-refractivity contribution in [1.29, 1.82) is 0 Å². The van der Waals surface area contributed by atoms with Crippen LogP contribution in [-0.2, 0) is 9.53 Å². The van der Waals surface area contributed by atoms with Crippen molar-refractivity contribution in [2.75, 3.05) is 63.9 Å². The number of rotatable bonds is 4. The monoisotopic (exact) mass is 373 g/mol. The van der Waals surface area contributed by atoms with Gasteiger partial charge in [0.25, 0.3) is 0 Å². The van der Waals surface area contributed by atoms with Gasteiger partial charge in [-0.05, 0) is 39.2 Å². The summed E-state index contributed by atoms with van der Waals surface area (Å²) >= 11 is 0. The number of ether oxygens (including phenoxy) is 1. The smallest absolute Gasteiger partial charge is 0.236 e. The molecule has 0 saturated carbocycles. The molecule has 1 aromatic rings. The van der Waals surface area contributed by atoms with E-state index in [0.717, 1.165) is 69.4 Å².